The number of carbonyl (C=O) groups is 1. The third-order valence-electron chi connectivity index (χ3n) is 3.89. The molecule has 0 amide bonds. The van der Waals surface area contributed by atoms with Crippen molar-refractivity contribution in [3.8, 4) is 10.7 Å². The Kier molecular flexibility index (Phi) is 6.92. The monoisotopic (exact) mass is 514 g/mol. The Labute approximate surface area is 199 Å². The second-order valence-electron chi connectivity index (χ2n) is 6.12. The predicted molar refractivity (Wildman–Crippen MR) is 122 cm³/mol. The first-order chi connectivity index (χ1) is 14.9. The summed E-state index contributed by atoms with van der Waals surface area (Å²) in [7, 11) is 0. The summed E-state index contributed by atoms with van der Waals surface area (Å²) in [6, 6.07) is 3.47. The molecule has 0 fully saturated rings. The van der Waals surface area contributed by atoms with Crippen molar-refractivity contribution in [1.82, 2.24) is 29.9 Å². The third-order valence-corrected chi connectivity index (χ3v) is 6.92. The Morgan fingerprint density at radius 3 is 2.74 bits per heavy atom. The van der Waals surface area contributed by atoms with E-state index in [-0.39, 0.29) is 11.7 Å². The number of nitrogens with zero attached hydrogens (tertiary/aromatic N) is 6. The van der Waals surface area contributed by atoms with Gasteiger partial charge in [0.15, 0.2) is 10.5 Å². The van der Waals surface area contributed by atoms with Crippen LogP contribution in [0.25, 0.3) is 21.2 Å². The number of halogens is 3. The fourth-order valence-electron chi connectivity index (χ4n) is 2.58. The standard InChI is InChI=1S/C18H13Cl3N6O2S2/c1-2-29-14(28)8-30-13-5-22-16-18(23-13)31-17(24-16)12-7-27(26-25-12)6-9-3-10(19)15(21)11(20)4-9/h3-5,7H,2,6,8H2,1H3. The lowest BCUT2D eigenvalue weighted by Crippen LogP contribution is -2.06. The van der Waals surface area contributed by atoms with E-state index < -0.39 is 0 Å². The number of esters is 1. The van der Waals surface area contributed by atoms with E-state index >= 15 is 0 Å². The average Bonchev–Trinajstić information content (AvgIpc) is 3.37. The van der Waals surface area contributed by atoms with E-state index in [0.717, 1.165) is 5.56 Å². The zero-order valence-corrected chi connectivity index (χ0v) is 19.8. The Balaban J connectivity index is 1.50. The molecule has 4 aromatic rings. The van der Waals surface area contributed by atoms with E-state index in [0.29, 0.717) is 54.4 Å². The summed E-state index contributed by atoms with van der Waals surface area (Å²) in [5.74, 6) is -0.119. The van der Waals surface area contributed by atoms with Gasteiger partial charge < -0.3 is 4.74 Å². The van der Waals surface area contributed by atoms with Crippen LogP contribution in [0, 0.1) is 0 Å². The quantitative estimate of drug-likeness (QED) is 0.193. The highest BCUT2D eigenvalue weighted by atomic mass is 35.5. The van der Waals surface area contributed by atoms with Crippen molar-refractivity contribution in [3.05, 3.63) is 45.2 Å². The van der Waals surface area contributed by atoms with Gasteiger partial charge in [0.05, 0.1) is 46.4 Å². The second kappa shape index (κ2) is 9.66. The molecule has 8 nitrogen and oxygen atoms in total. The predicted octanol–water partition coefficient (Wildman–Crippen LogP) is 5.01. The molecule has 4 rings (SSSR count). The van der Waals surface area contributed by atoms with Crippen LogP contribution >= 0.6 is 57.9 Å². The first kappa shape index (κ1) is 22.2. The van der Waals surface area contributed by atoms with Crippen LogP contribution in [0.15, 0.2) is 29.6 Å². The summed E-state index contributed by atoms with van der Waals surface area (Å²) in [5.41, 5.74) is 1.94. The minimum Gasteiger partial charge on any atom is -0.465 e. The van der Waals surface area contributed by atoms with Gasteiger partial charge in [0, 0.05) is 0 Å². The summed E-state index contributed by atoms with van der Waals surface area (Å²) < 4.78 is 6.57. The molecule has 0 spiro atoms. The molecular formula is C18H13Cl3N6O2S2. The van der Waals surface area contributed by atoms with Gasteiger partial charge in [-0.15, -0.1) is 5.10 Å². The molecule has 160 valence electrons. The lowest BCUT2D eigenvalue weighted by Gasteiger charge is -2.05. The summed E-state index contributed by atoms with van der Waals surface area (Å²) >= 11 is 20.8. The largest absolute Gasteiger partial charge is 0.465 e. The number of aromatic nitrogens is 6. The molecule has 0 unspecified atom stereocenters. The maximum absolute atomic E-state index is 11.5. The van der Waals surface area contributed by atoms with Gasteiger partial charge in [-0.25, -0.2) is 19.6 Å². The first-order valence-corrected chi connectivity index (χ1v) is 11.8. The average molecular weight is 516 g/mol. The van der Waals surface area contributed by atoms with E-state index in [4.69, 9.17) is 39.5 Å². The van der Waals surface area contributed by atoms with Gasteiger partial charge in [-0.2, -0.15) is 0 Å². The number of thiazole rings is 1. The number of hydrogen-bond acceptors (Lipinski definition) is 9. The molecule has 0 bridgehead atoms. The van der Waals surface area contributed by atoms with Crippen LogP contribution in [0.4, 0.5) is 0 Å². The van der Waals surface area contributed by atoms with Gasteiger partial charge in [-0.1, -0.05) is 63.1 Å². The molecule has 31 heavy (non-hydrogen) atoms. The molecule has 13 heteroatoms. The van der Waals surface area contributed by atoms with Gasteiger partial charge in [-0.3, -0.25) is 4.79 Å². The smallest absolute Gasteiger partial charge is 0.316 e. The highest BCUT2D eigenvalue weighted by molar-refractivity contribution is 7.99. The zero-order chi connectivity index (χ0) is 22.0. The fourth-order valence-corrected chi connectivity index (χ4v) is 4.76. The Morgan fingerprint density at radius 1 is 1.23 bits per heavy atom. The first-order valence-electron chi connectivity index (χ1n) is 8.89. The van der Waals surface area contributed by atoms with Crippen LogP contribution in [0.5, 0.6) is 0 Å². The second-order valence-corrected chi connectivity index (χ2v) is 9.29. The molecule has 0 aliphatic carbocycles. The molecule has 0 atom stereocenters. The van der Waals surface area contributed by atoms with E-state index in [1.807, 2.05) is 0 Å². The Morgan fingerprint density at radius 2 is 2.00 bits per heavy atom. The van der Waals surface area contributed by atoms with Gasteiger partial charge in [0.2, 0.25) is 0 Å². The topological polar surface area (TPSA) is 95.7 Å². The van der Waals surface area contributed by atoms with Gasteiger partial charge in [0.25, 0.3) is 0 Å². The number of ether oxygens (including phenoxy) is 1. The molecule has 0 N–H and O–H groups in total. The van der Waals surface area contributed by atoms with E-state index in [9.17, 15) is 4.79 Å². The lowest BCUT2D eigenvalue weighted by molar-refractivity contribution is -0.139. The maximum atomic E-state index is 11.5. The molecule has 0 saturated heterocycles. The van der Waals surface area contributed by atoms with Crippen molar-refractivity contribution in [2.75, 3.05) is 12.4 Å². The number of carbonyl (C=O) groups excluding carboxylic acids is 1. The van der Waals surface area contributed by atoms with E-state index in [2.05, 4.69) is 25.3 Å². The van der Waals surface area contributed by atoms with Crippen molar-refractivity contribution in [2.45, 2.75) is 18.5 Å². The molecule has 0 radical (unpaired) electrons. The molecular weight excluding hydrogens is 503 g/mol. The number of thioether (sulfide) groups is 1. The van der Waals surface area contributed by atoms with Crippen molar-refractivity contribution in [1.29, 1.82) is 0 Å². The van der Waals surface area contributed by atoms with Crippen molar-refractivity contribution >= 4 is 74.3 Å². The number of hydrogen-bond donors (Lipinski definition) is 0. The molecule has 0 saturated carbocycles. The van der Waals surface area contributed by atoms with Gasteiger partial charge in [0.1, 0.15) is 15.7 Å². The minimum absolute atomic E-state index is 0.173. The molecule has 0 aliphatic rings. The van der Waals surface area contributed by atoms with Crippen molar-refractivity contribution in [2.24, 2.45) is 0 Å². The number of rotatable bonds is 7. The molecule has 3 aromatic heterocycles. The van der Waals surface area contributed by atoms with Crippen LogP contribution in [0.2, 0.25) is 15.1 Å². The lowest BCUT2D eigenvalue weighted by atomic mass is 10.2. The maximum Gasteiger partial charge on any atom is 0.316 e. The highest BCUT2D eigenvalue weighted by Crippen LogP contribution is 2.32. The number of fused-ring (bicyclic) bond motifs is 1. The summed E-state index contributed by atoms with van der Waals surface area (Å²) in [6.45, 7) is 2.53. The summed E-state index contributed by atoms with van der Waals surface area (Å²) in [6.07, 6.45) is 3.35. The highest BCUT2D eigenvalue weighted by Gasteiger charge is 2.14. The van der Waals surface area contributed by atoms with Crippen molar-refractivity contribution in [3.63, 3.8) is 0 Å². The molecule has 3 heterocycles. The van der Waals surface area contributed by atoms with E-state index in [1.54, 1.807) is 36.1 Å². The van der Waals surface area contributed by atoms with Crippen LogP contribution in [0.3, 0.4) is 0 Å². The summed E-state index contributed by atoms with van der Waals surface area (Å²) in [4.78, 5) is 25.5. The molecule has 1 aromatic carbocycles. The van der Waals surface area contributed by atoms with Crippen LogP contribution < -0.4 is 0 Å². The SMILES string of the molecule is CCOC(=O)CSc1cnc2nc(-c3cn(Cc4cc(Cl)c(Cl)c(Cl)c4)nn3)sc2n1. The zero-order valence-electron chi connectivity index (χ0n) is 15.9. The summed E-state index contributed by atoms with van der Waals surface area (Å²) in [5, 5.41) is 10.7. The van der Waals surface area contributed by atoms with Crippen LogP contribution in [-0.2, 0) is 16.1 Å². The van der Waals surface area contributed by atoms with Crippen LogP contribution in [-0.4, -0.2) is 48.3 Å². The Hall–Kier alpha value is -1.98. The Bertz CT molecular complexity index is 1240. The van der Waals surface area contributed by atoms with Gasteiger partial charge in [-0.05, 0) is 24.6 Å². The number of benzene rings is 1. The normalized spacial score (nSPS) is 11.2. The minimum atomic E-state index is -0.292. The van der Waals surface area contributed by atoms with Crippen molar-refractivity contribution < 1.29 is 9.53 Å². The van der Waals surface area contributed by atoms with Gasteiger partial charge >= 0.3 is 5.97 Å². The van der Waals surface area contributed by atoms with E-state index in [1.165, 1.54) is 23.1 Å². The third kappa shape index (κ3) is 5.27. The fraction of sp³-hybridized carbons (Fsp3) is 0.222. The van der Waals surface area contributed by atoms with Crippen LogP contribution in [0.1, 0.15) is 12.5 Å². The molecule has 0 aliphatic heterocycles.